The lowest BCUT2D eigenvalue weighted by Gasteiger charge is -2.34. The number of nitrogens with zero attached hydrogens (tertiary/aromatic N) is 2. The highest BCUT2D eigenvalue weighted by Gasteiger charge is 2.34. The molecule has 0 bridgehead atoms. The second-order valence-electron chi connectivity index (χ2n) is 9.98. The third kappa shape index (κ3) is 8.96. The topological polar surface area (TPSA) is 105 Å². The minimum absolute atomic E-state index is 0.0877. The fourth-order valence-electron chi connectivity index (χ4n) is 4.37. The van der Waals surface area contributed by atoms with Crippen LogP contribution >= 0.6 is 15.9 Å². The molecule has 3 aromatic carbocycles. The fraction of sp³-hybridized carbons (Fsp3) is 0.355. The van der Waals surface area contributed by atoms with Crippen molar-refractivity contribution in [1.29, 1.82) is 0 Å². The molecule has 0 aliphatic carbocycles. The molecule has 42 heavy (non-hydrogen) atoms. The molecule has 9 nitrogen and oxygen atoms in total. The van der Waals surface area contributed by atoms with Crippen LogP contribution < -0.4 is 19.1 Å². The van der Waals surface area contributed by atoms with Crippen LogP contribution in [0.25, 0.3) is 0 Å². The molecule has 0 aromatic heterocycles. The van der Waals surface area contributed by atoms with Crippen molar-refractivity contribution in [3.63, 3.8) is 0 Å². The van der Waals surface area contributed by atoms with Crippen LogP contribution in [-0.2, 0) is 32.6 Å². The van der Waals surface area contributed by atoms with Crippen molar-refractivity contribution < 1.29 is 27.5 Å². The van der Waals surface area contributed by atoms with Gasteiger partial charge in [0, 0.05) is 29.5 Å². The van der Waals surface area contributed by atoms with E-state index in [2.05, 4.69) is 21.2 Å². The standard InChI is InChI=1S/C31H38BrN3O6S/c1-6-22(2)33-31(37)28(18-23-10-8-7-9-11-23)34(20-24-12-14-25(32)15-13-24)30(36)21-35(42(5,38)39)27-19-26(40-3)16-17-29(27)41-4/h7-17,19,22,28H,6,18,20-21H2,1-5H3,(H,33,37). The number of halogens is 1. The van der Waals surface area contributed by atoms with Gasteiger partial charge < -0.3 is 19.7 Å². The van der Waals surface area contributed by atoms with Crippen molar-refractivity contribution in [2.75, 3.05) is 31.3 Å². The van der Waals surface area contributed by atoms with Gasteiger partial charge in [0.05, 0.1) is 26.2 Å². The number of carbonyl (C=O) groups is 2. The Morgan fingerprint density at radius 3 is 2.19 bits per heavy atom. The average Bonchev–Trinajstić information content (AvgIpc) is 2.97. The highest BCUT2D eigenvalue weighted by molar-refractivity contribution is 9.10. The number of ether oxygens (including phenoxy) is 2. The van der Waals surface area contributed by atoms with Crippen LogP contribution in [-0.4, -0.2) is 64.2 Å². The Bertz CT molecular complexity index is 1450. The van der Waals surface area contributed by atoms with Crippen molar-refractivity contribution in [2.24, 2.45) is 0 Å². The van der Waals surface area contributed by atoms with E-state index in [4.69, 9.17) is 9.47 Å². The number of amides is 2. The maximum Gasteiger partial charge on any atom is 0.244 e. The summed E-state index contributed by atoms with van der Waals surface area (Å²) in [6.07, 6.45) is 1.98. The number of rotatable bonds is 14. The number of anilines is 1. The molecule has 0 heterocycles. The predicted molar refractivity (Wildman–Crippen MR) is 168 cm³/mol. The van der Waals surface area contributed by atoms with Crippen molar-refractivity contribution in [3.05, 3.63) is 88.4 Å². The summed E-state index contributed by atoms with van der Waals surface area (Å²) in [5.41, 5.74) is 1.80. The zero-order chi connectivity index (χ0) is 30.9. The van der Waals surface area contributed by atoms with Crippen molar-refractivity contribution >= 4 is 43.5 Å². The van der Waals surface area contributed by atoms with Gasteiger partial charge in [-0.05, 0) is 48.7 Å². The summed E-state index contributed by atoms with van der Waals surface area (Å²) in [5, 5.41) is 3.02. The molecule has 0 saturated heterocycles. The Balaban J connectivity index is 2.11. The molecule has 226 valence electrons. The second kappa shape index (κ2) is 15.1. The minimum Gasteiger partial charge on any atom is -0.497 e. The highest BCUT2D eigenvalue weighted by Crippen LogP contribution is 2.34. The van der Waals surface area contributed by atoms with Crippen LogP contribution in [0.5, 0.6) is 11.5 Å². The average molecular weight is 661 g/mol. The Morgan fingerprint density at radius 2 is 1.62 bits per heavy atom. The van der Waals surface area contributed by atoms with Crippen LogP contribution in [0.3, 0.4) is 0 Å². The smallest absolute Gasteiger partial charge is 0.244 e. The van der Waals surface area contributed by atoms with Gasteiger partial charge in [0.2, 0.25) is 21.8 Å². The van der Waals surface area contributed by atoms with Crippen molar-refractivity contribution in [2.45, 2.75) is 45.3 Å². The lowest BCUT2D eigenvalue weighted by molar-refractivity contribution is -0.140. The van der Waals surface area contributed by atoms with Gasteiger partial charge >= 0.3 is 0 Å². The summed E-state index contributed by atoms with van der Waals surface area (Å²) in [6, 6.07) is 20.5. The summed E-state index contributed by atoms with van der Waals surface area (Å²) in [7, 11) is -1.08. The zero-order valence-electron chi connectivity index (χ0n) is 24.5. The van der Waals surface area contributed by atoms with Gasteiger partial charge in [0.15, 0.2) is 0 Å². The first kappa shape index (κ1) is 32.9. The van der Waals surface area contributed by atoms with E-state index in [0.717, 1.165) is 26.2 Å². The summed E-state index contributed by atoms with van der Waals surface area (Å²) in [5.74, 6) is -0.214. The van der Waals surface area contributed by atoms with Crippen molar-refractivity contribution in [1.82, 2.24) is 10.2 Å². The quantitative estimate of drug-likeness (QED) is 0.267. The first-order chi connectivity index (χ1) is 20.0. The van der Waals surface area contributed by atoms with Crippen LogP contribution in [0.15, 0.2) is 77.3 Å². The molecular formula is C31H38BrN3O6S. The van der Waals surface area contributed by atoms with Gasteiger partial charge in [-0.3, -0.25) is 13.9 Å². The molecule has 0 saturated carbocycles. The van der Waals surface area contributed by atoms with E-state index in [9.17, 15) is 18.0 Å². The van der Waals surface area contributed by atoms with Crippen LogP contribution in [0.2, 0.25) is 0 Å². The van der Waals surface area contributed by atoms with Crippen molar-refractivity contribution in [3.8, 4) is 11.5 Å². The molecule has 2 atom stereocenters. The Hall–Kier alpha value is -3.57. The number of methoxy groups -OCH3 is 2. The lowest BCUT2D eigenvalue weighted by Crippen LogP contribution is -2.54. The minimum atomic E-state index is -3.97. The van der Waals surface area contributed by atoms with Crippen LogP contribution in [0.4, 0.5) is 5.69 Å². The highest BCUT2D eigenvalue weighted by atomic mass is 79.9. The van der Waals surface area contributed by atoms with E-state index >= 15 is 0 Å². The van der Waals surface area contributed by atoms with E-state index in [0.29, 0.717) is 12.2 Å². The molecular weight excluding hydrogens is 622 g/mol. The summed E-state index contributed by atoms with van der Waals surface area (Å²) < 4.78 is 38.8. The predicted octanol–water partition coefficient (Wildman–Crippen LogP) is 4.79. The fourth-order valence-corrected chi connectivity index (χ4v) is 5.48. The molecule has 2 unspecified atom stereocenters. The van der Waals surface area contributed by atoms with E-state index in [1.54, 1.807) is 12.1 Å². The number of hydrogen-bond donors (Lipinski definition) is 1. The zero-order valence-corrected chi connectivity index (χ0v) is 26.9. The lowest BCUT2D eigenvalue weighted by atomic mass is 10.0. The molecule has 0 fully saturated rings. The molecule has 3 rings (SSSR count). The number of benzene rings is 3. The van der Waals surface area contributed by atoms with Gasteiger partial charge in [-0.1, -0.05) is 65.3 Å². The maximum absolute atomic E-state index is 14.2. The summed E-state index contributed by atoms with van der Waals surface area (Å²) >= 11 is 3.44. The van der Waals surface area contributed by atoms with Gasteiger partial charge in [0.1, 0.15) is 24.1 Å². The number of hydrogen-bond acceptors (Lipinski definition) is 6. The van der Waals surface area contributed by atoms with Gasteiger partial charge in [-0.15, -0.1) is 0 Å². The van der Waals surface area contributed by atoms with Crippen LogP contribution in [0, 0.1) is 0 Å². The molecule has 0 radical (unpaired) electrons. The van der Waals surface area contributed by atoms with E-state index in [-0.39, 0.29) is 36.4 Å². The van der Waals surface area contributed by atoms with E-state index in [1.807, 2.05) is 68.4 Å². The third-order valence-corrected chi connectivity index (χ3v) is 8.53. The molecule has 0 aliphatic heterocycles. The number of carbonyl (C=O) groups excluding carboxylic acids is 2. The summed E-state index contributed by atoms with van der Waals surface area (Å²) in [6.45, 7) is 3.40. The molecule has 11 heteroatoms. The first-order valence-corrected chi connectivity index (χ1v) is 16.2. The van der Waals surface area contributed by atoms with E-state index in [1.165, 1.54) is 25.2 Å². The van der Waals surface area contributed by atoms with Gasteiger partial charge in [0.25, 0.3) is 0 Å². The maximum atomic E-state index is 14.2. The van der Waals surface area contributed by atoms with Gasteiger partial charge in [-0.25, -0.2) is 8.42 Å². The number of nitrogens with one attached hydrogen (secondary N) is 1. The molecule has 0 spiro atoms. The number of sulfonamides is 1. The SMILES string of the molecule is CCC(C)NC(=O)C(Cc1ccccc1)N(Cc1ccc(Br)cc1)C(=O)CN(c1cc(OC)ccc1OC)S(C)(=O)=O. The Labute approximate surface area is 257 Å². The van der Waals surface area contributed by atoms with E-state index < -0.39 is 28.5 Å². The molecule has 0 aliphatic rings. The Kier molecular flexibility index (Phi) is 11.8. The van der Waals surface area contributed by atoms with Gasteiger partial charge in [-0.2, -0.15) is 0 Å². The normalized spacial score (nSPS) is 12.6. The Morgan fingerprint density at radius 1 is 0.952 bits per heavy atom. The molecule has 3 aromatic rings. The second-order valence-corrected chi connectivity index (χ2v) is 12.8. The summed E-state index contributed by atoms with van der Waals surface area (Å²) in [4.78, 5) is 29.5. The largest absolute Gasteiger partial charge is 0.497 e. The molecule has 1 N–H and O–H groups in total. The third-order valence-electron chi connectivity index (χ3n) is 6.87. The van der Waals surface area contributed by atoms with Crippen LogP contribution in [0.1, 0.15) is 31.4 Å². The molecule has 2 amide bonds. The first-order valence-electron chi connectivity index (χ1n) is 13.5. The monoisotopic (exact) mass is 659 g/mol.